The van der Waals surface area contributed by atoms with Gasteiger partial charge in [-0.05, 0) is 29.3 Å². The van der Waals surface area contributed by atoms with E-state index in [1.54, 1.807) is 0 Å². The van der Waals surface area contributed by atoms with Crippen molar-refractivity contribution in [3.8, 4) is 0 Å². The highest BCUT2D eigenvalue weighted by atomic mass is 32.2. The molecule has 0 N–H and O–H groups in total. The van der Waals surface area contributed by atoms with Crippen molar-refractivity contribution in [2.45, 2.75) is 18.2 Å². The maximum atomic E-state index is 11.8. The third kappa shape index (κ3) is 2.26. The van der Waals surface area contributed by atoms with Crippen LogP contribution in [0.4, 0.5) is 0 Å². The van der Waals surface area contributed by atoms with Crippen LogP contribution in [0.25, 0.3) is 10.8 Å². The fourth-order valence-corrected chi connectivity index (χ4v) is 2.70. The predicted octanol–water partition coefficient (Wildman–Crippen LogP) is 3.36. The van der Waals surface area contributed by atoms with Crippen molar-refractivity contribution in [2.75, 3.05) is 5.75 Å². The zero-order valence-corrected chi connectivity index (χ0v) is 9.59. The van der Waals surface area contributed by atoms with Crippen LogP contribution >= 0.6 is 0 Å². The minimum absolute atomic E-state index is 0.748. The second-order valence-corrected chi connectivity index (χ2v) is 5.13. The average Bonchev–Trinajstić information content (AvgIpc) is 2.29. The van der Waals surface area contributed by atoms with Gasteiger partial charge < -0.3 is 0 Å². The molecule has 2 rings (SSSR count). The van der Waals surface area contributed by atoms with E-state index in [2.05, 4.69) is 19.1 Å². The first-order chi connectivity index (χ1) is 7.31. The Morgan fingerprint density at radius 3 is 2.53 bits per heavy atom. The van der Waals surface area contributed by atoms with Gasteiger partial charge in [0, 0.05) is 10.6 Å². The molecule has 0 amide bonds. The molecule has 1 nitrogen and oxygen atoms in total. The highest BCUT2D eigenvalue weighted by Gasteiger charge is 2.02. The van der Waals surface area contributed by atoms with E-state index >= 15 is 0 Å². The molecule has 1 unspecified atom stereocenters. The summed E-state index contributed by atoms with van der Waals surface area (Å²) in [5.74, 6) is 0.748. The van der Waals surface area contributed by atoms with E-state index in [0.717, 1.165) is 17.1 Å². The summed E-state index contributed by atoms with van der Waals surface area (Å²) in [6, 6.07) is 14.2. The van der Waals surface area contributed by atoms with Gasteiger partial charge in [-0.1, -0.05) is 37.3 Å². The molecule has 0 spiro atoms. The van der Waals surface area contributed by atoms with E-state index in [-0.39, 0.29) is 0 Å². The Kier molecular flexibility index (Phi) is 3.17. The van der Waals surface area contributed by atoms with Crippen LogP contribution in [0, 0.1) is 0 Å². The highest BCUT2D eigenvalue weighted by molar-refractivity contribution is 7.85. The van der Waals surface area contributed by atoms with Gasteiger partial charge >= 0.3 is 0 Å². The van der Waals surface area contributed by atoms with Gasteiger partial charge in [-0.2, -0.15) is 0 Å². The monoisotopic (exact) mass is 218 g/mol. The van der Waals surface area contributed by atoms with Crippen LogP contribution in [-0.4, -0.2) is 9.96 Å². The third-order valence-corrected chi connectivity index (χ3v) is 3.93. The van der Waals surface area contributed by atoms with E-state index in [9.17, 15) is 4.21 Å². The van der Waals surface area contributed by atoms with Crippen LogP contribution in [0.3, 0.4) is 0 Å². The first kappa shape index (κ1) is 10.4. The molecule has 78 valence electrons. The Bertz CT molecular complexity index is 491. The second-order valence-electron chi connectivity index (χ2n) is 3.56. The lowest BCUT2D eigenvalue weighted by Crippen LogP contribution is -1.96. The fourth-order valence-electron chi connectivity index (χ4n) is 1.61. The third-order valence-electron chi connectivity index (χ3n) is 2.37. The zero-order valence-electron chi connectivity index (χ0n) is 8.77. The summed E-state index contributed by atoms with van der Waals surface area (Å²) < 4.78 is 11.8. The molecule has 0 aromatic heterocycles. The molecule has 0 radical (unpaired) electrons. The summed E-state index contributed by atoms with van der Waals surface area (Å²) in [5, 5.41) is 2.37. The van der Waals surface area contributed by atoms with Gasteiger partial charge in [0.15, 0.2) is 0 Å². The van der Waals surface area contributed by atoms with E-state index in [1.807, 2.05) is 30.3 Å². The molecule has 0 aliphatic heterocycles. The maximum Gasteiger partial charge on any atom is 0.0529 e. The molecule has 15 heavy (non-hydrogen) atoms. The summed E-state index contributed by atoms with van der Waals surface area (Å²) in [5.41, 5.74) is 0. The molecular formula is C13H14OS. The van der Waals surface area contributed by atoms with Crippen LogP contribution in [0.2, 0.25) is 0 Å². The zero-order chi connectivity index (χ0) is 10.7. The lowest BCUT2D eigenvalue weighted by atomic mass is 10.1. The van der Waals surface area contributed by atoms with Crippen molar-refractivity contribution >= 4 is 21.6 Å². The van der Waals surface area contributed by atoms with Crippen LogP contribution < -0.4 is 0 Å². The Labute approximate surface area is 92.6 Å². The van der Waals surface area contributed by atoms with Gasteiger partial charge in [0.2, 0.25) is 0 Å². The summed E-state index contributed by atoms with van der Waals surface area (Å²) >= 11 is 0. The lowest BCUT2D eigenvalue weighted by molar-refractivity contribution is 0.682. The van der Waals surface area contributed by atoms with E-state index < -0.39 is 10.8 Å². The number of hydrogen-bond donors (Lipinski definition) is 0. The second kappa shape index (κ2) is 4.58. The molecule has 0 saturated heterocycles. The highest BCUT2D eigenvalue weighted by Crippen LogP contribution is 2.18. The summed E-state index contributed by atoms with van der Waals surface area (Å²) in [7, 11) is -0.839. The van der Waals surface area contributed by atoms with Gasteiger partial charge in [0.05, 0.1) is 10.8 Å². The Hall–Kier alpha value is -1.15. The number of rotatable bonds is 3. The van der Waals surface area contributed by atoms with Gasteiger partial charge in [-0.25, -0.2) is 0 Å². The molecule has 0 aliphatic rings. The normalized spacial score (nSPS) is 12.9. The van der Waals surface area contributed by atoms with Crippen molar-refractivity contribution in [1.82, 2.24) is 0 Å². The first-order valence-corrected chi connectivity index (χ1v) is 6.50. The van der Waals surface area contributed by atoms with Crippen molar-refractivity contribution in [2.24, 2.45) is 0 Å². The van der Waals surface area contributed by atoms with Crippen LogP contribution in [0.1, 0.15) is 13.3 Å². The van der Waals surface area contributed by atoms with Gasteiger partial charge in [-0.3, -0.25) is 4.21 Å². The molecule has 2 heteroatoms. The minimum atomic E-state index is -0.839. The molecule has 0 aliphatic carbocycles. The molecule has 0 saturated carbocycles. The number of fused-ring (bicyclic) bond motifs is 1. The lowest BCUT2D eigenvalue weighted by Gasteiger charge is -2.02. The van der Waals surface area contributed by atoms with E-state index in [0.29, 0.717) is 0 Å². The Morgan fingerprint density at radius 2 is 1.80 bits per heavy atom. The average molecular weight is 218 g/mol. The molecule has 0 bridgehead atoms. The molecule has 2 aromatic carbocycles. The van der Waals surface area contributed by atoms with Gasteiger partial charge in [-0.15, -0.1) is 0 Å². The Morgan fingerprint density at radius 1 is 1.07 bits per heavy atom. The SMILES string of the molecule is CCCS(=O)c1ccc2ccccc2c1. The molecular weight excluding hydrogens is 204 g/mol. The van der Waals surface area contributed by atoms with Gasteiger partial charge in [0.25, 0.3) is 0 Å². The van der Waals surface area contributed by atoms with Crippen LogP contribution in [-0.2, 0) is 10.8 Å². The summed E-state index contributed by atoms with van der Waals surface area (Å²) in [4.78, 5) is 0.940. The molecule has 2 aromatic rings. The molecule has 1 atom stereocenters. The summed E-state index contributed by atoms with van der Waals surface area (Å²) in [6.07, 6.45) is 0.958. The van der Waals surface area contributed by atoms with Crippen LogP contribution in [0.5, 0.6) is 0 Å². The Balaban J connectivity index is 2.42. The standard InChI is InChI=1S/C13H14OS/c1-2-9-15(14)13-8-7-11-5-3-4-6-12(11)10-13/h3-8,10H,2,9H2,1H3. The minimum Gasteiger partial charge on any atom is -0.254 e. The maximum absolute atomic E-state index is 11.8. The predicted molar refractivity (Wildman–Crippen MR) is 65.5 cm³/mol. The van der Waals surface area contributed by atoms with Crippen molar-refractivity contribution in [3.05, 3.63) is 42.5 Å². The first-order valence-electron chi connectivity index (χ1n) is 5.18. The molecule has 0 heterocycles. The van der Waals surface area contributed by atoms with Crippen molar-refractivity contribution in [3.63, 3.8) is 0 Å². The van der Waals surface area contributed by atoms with Gasteiger partial charge in [0.1, 0.15) is 0 Å². The summed E-state index contributed by atoms with van der Waals surface area (Å²) in [6.45, 7) is 2.05. The molecule has 0 fully saturated rings. The fraction of sp³-hybridized carbons (Fsp3) is 0.231. The van der Waals surface area contributed by atoms with Crippen molar-refractivity contribution < 1.29 is 4.21 Å². The van der Waals surface area contributed by atoms with E-state index in [1.165, 1.54) is 10.8 Å². The smallest absolute Gasteiger partial charge is 0.0529 e. The largest absolute Gasteiger partial charge is 0.254 e. The van der Waals surface area contributed by atoms with E-state index in [4.69, 9.17) is 0 Å². The topological polar surface area (TPSA) is 17.1 Å². The quantitative estimate of drug-likeness (QED) is 0.772. The number of hydrogen-bond acceptors (Lipinski definition) is 1. The number of benzene rings is 2. The van der Waals surface area contributed by atoms with Crippen molar-refractivity contribution in [1.29, 1.82) is 0 Å². The van der Waals surface area contributed by atoms with Crippen LogP contribution in [0.15, 0.2) is 47.4 Å².